The molecule has 0 saturated carbocycles. The molecule has 1 rings (SSSR count). The van der Waals surface area contributed by atoms with Gasteiger partial charge in [-0.2, -0.15) is 0 Å². The molecule has 4 heteroatoms. The van der Waals surface area contributed by atoms with Crippen LogP contribution in [0.4, 0.5) is 0 Å². The zero-order chi connectivity index (χ0) is 15.9. The number of hydrazine groups is 1. The van der Waals surface area contributed by atoms with E-state index in [1.54, 1.807) is 7.11 Å². The smallest absolute Gasteiger partial charge is 0.119 e. The van der Waals surface area contributed by atoms with Gasteiger partial charge >= 0.3 is 0 Å². The van der Waals surface area contributed by atoms with Crippen molar-refractivity contribution in [3.63, 3.8) is 0 Å². The summed E-state index contributed by atoms with van der Waals surface area (Å²) in [5, 5.41) is 0. The fourth-order valence-electron chi connectivity index (χ4n) is 3.13. The SMILES string of the molecule is CCN(CC)C(C)(CC)C(Cc1cccc(OC)c1)NN. The summed E-state index contributed by atoms with van der Waals surface area (Å²) >= 11 is 0. The van der Waals surface area contributed by atoms with E-state index < -0.39 is 0 Å². The third-order valence-electron chi connectivity index (χ3n) is 4.73. The van der Waals surface area contributed by atoms with Crippen LogP contribution in [0.1, 0.15) is 39.7 Å². The average molecular weight is 293 g/mol. The Hall–Kier alpha value is -1.10. The highest BCUT2D eigenvalue weighted by Gasteiger charge is 2.36. The first kappa shape index (κ1) is 18.0. The maximum atomic E-state index is 5.89. The molecule has 2 unspecified atom stereocenters. The van der Waals surface area contributed by atoms with E-state index in [1.807, 2.05) is 12.1 Å². The molecule has 0 aromatic heterocycles. The fraction of sp³-hybridized carbons (Fsp3) is 0.647. The van der Waals surface area contributed by atoms with Gasteiger partial charge in [-0.15, -0.1) is 0 Å². The molecule has 0 aliphatic heterocycles. The minimum atomic E-state index is 0.0291. The minimum absolute atomic E-state index is 0.0291. The van der Waals surface area contributed by atoms with Crippen molar-refractivity contribution < 1.29 is 4.74 Å². The van der Waals surface area contributed by atoms with Crippen LogP contribution < -0.4 is 16.0 Å². The second-order valence-electron chi connectivity index (χ2n) is 5.66. The van der Waals surface area contributed by atoms with Crippen LogP contribution in [-0.4, -0.2) is 36.7 Å². The molecule has 21 heavy (non-hydrogen) atoms. The van der Waals surface area contributed by atoms with Crippen molar-refractivity contribution in [2.45, 2.75) is 52.1 Å². The Labute approximate surface area is 129 Å². The third kappa shape index (κ3) is 4.19. The number of hydrogen-bond acceptors (Lipinski definition) is 4. The molecule has 4 nitrogen and oxygen atoms in total. The Balaban J connectivity index is 2.98. The molecular formula is C17H31N3O. The molecule has 0 aliphatic rings. The summed E-state index contributed by atoms with van der Waals surface area (Å²) in [5.41, 5.74) is 4.32. The number of likely N-dealkylation sites (N-methyl/N-ethyl adjacent to an activating group) is 1. The van der Waals surface area contributed by atoms with Gasteiger partial charge in [0.25, 0.3) is 0 Å². The molecule has 0 spiro atoms. The predicted octanol–water partition coefficient (Wildman–Crippen LogP) is 2.58. The summed E-state index contributed by atoms with van der Waals surface area (Å²) in [6.07, 6.45) is 1.93. The number of nitrogens with zero attached hydrogens (tertiary/aromatic N) is 1. The Morgan fingerprint density at radius 2 is 1.95 bits per heavy atom. The predicted molar refractivity (Wildman–Crippen MR) is 89.4 cm³/mol. The number of benzene rings is 1. The lowest BCUT2D eigenvalue weighted by Crippen LogP contribution is -2.61. The van der Waals surface area contributed by atoms with E-state index >= 15 is 0 Å². The van der Waals surface area contributed by atoms with Gasteiger partial charge in [-0.25, -0.2) is 0 Å². The highest BCUT2D eigenvalue weighted by atomic mass is 16.5. The third-order valence-corrected chi connectivity index (χ3v) is 4.73. The van der Waals surface area contributed by atoms with Crippen LogP contribution >= 0.6 is 0 Å². The molecule has 1 aromatic rings. The second kappa shape index (κ2) is 8.37. The van der Waals surface area contributed by atoms with Crippen molar-refractivity contribution in [1.82, 2.24) is 10.3 Å². The van der Waals surface area contributed by atoms with Crippen molar-refractivity contribution in [3.8, 4) is 5.75 Å². The lowest BCUT2D eigenvalue weighted by Gasteiger charge is -2.45. The minimum Gasteiger partial charge on any atom is -0.497 e. The molecule has 0 fully saturated rings. The Morgan fingerprint density at radius 1 is 1.29 bits per heavy atom. The largest absolute Gasteiger partial charge is 0.497 e. The number of ether oxygens (including phenoxy) is 1. The lowest BCUT2D eigenvalue weighted by atomic mass is 9.83. The van der Waals surface area contributed by atoms with Crippen LogP contribution in [0.5, 0.6) is 5.75 Å². The van der Waals surface area contributed by atoms with E-state index in [9.17, 15) is 0 Å². The summed E-state index contributed by atoms with van der Waals surface area (Å²) in [4.78, 5) is 2.48. The average Bonchev–Trinajstić information content (AvgIpc) is 2.53. The summed E-state index contributed by atoms with van der Waals surface area (Å²) in [7, 11) is 1.70. The van der Waals surface area contributed by atoms with E-state index in [0.29, 0.717) is 0 Å². The topological polar surface area (TPSA) is 50.5 Å². The van der Waals surface area contributed by atoms with Gasteiger partial charge in [-0.05, 0) is 50.6 Å². The van der Waals surface area contributed by atoms with Crippen LogP contribution in [0.15, 0.2) is 24.3 Å². The summed E-state index contributed by atoms with van der Waals surface area (Å²) in [6.45, 7) is 11.0. The van der Waals surface area contributed by atoms with Gasteiger partial charge in [0.05, 0.1) is 7.11 Å². The van der Waals surface area contributed by atoms with Crippen LogP contribution in [0.2, 0.25) is 0 Å². The van der Waals surface area contributed by atoms with E-state index in [0.717, 1.165) is 31.7 Å². The molecule has 3 N–H and O–H groups in total. The van der Waals surface area contributed by atoms with Gasteiger partial charge in [-0.3, -0.25) is 16.2 Å². The monoisotopic (exact) mass is 293 g/mol. The Kier molecular flexibility index (Phi) is 7.15. The number of nitrogens with one attached hydrogen (secondary N) is 1. The zero-order valence-electron chi connectivity index (χ0n) is 14.1. The van der Waals surface area contributed by atoms with Gasteiger partial charge in [0.1, 0.15) is 5.75 Å². The zero-order valence-corrected chi connectivity index (χ0v) is 14.1. The Bertz CT molecular complexity index is 420. The van der Waals surface area contributed by atoms with Gasteiger partial charge in [0.2, 0.25) is 0 Å². The Morgan fingerprint density at radius 3 is 2.43 bits per heavy atom. The molecule has 1 aromatic carbocycles. The van der Waals surface area contributed by atoms with Crippen molar-refractivity contribution in [2.75, 3.05) is 20.2 Å². The first-order valence-corrected chi connectivity index (χ1v) is 7.89. The van der Waals surface area contributed by atoms with E-state index in [1.165, 1.54) is 5.56 Å². The van der Waals surface area contributed by atoms with E-state index in [4.69, 9.17) is 10.6 Å². The molecule has 0 heterocycles. The number of hydrogen-bond donors (Lipinski definition) is 2. The quantitative estimate of drug-likeness (QED) is 0.543. The van der Waals surface area contributed by atoms with Crippen molar-refractivity contribution in [1.29, 1.82) is 0 Å². The van der Waals surface area contributed by atoms with Gasteiger partial charge in [0.15, 0.2) is 0 Å². The second-order valence-corrected chi connectivity index (χ2v) is 5.66. The van der Waals surface area contributed by atoms with Gasteiger partial charge < -0.3 is 4.74 Å². The molecule has 0 saturated heterocycles. The van der Waals surface area contributed by atoms with Crippen LogP contribution in [0.3, 0.4) is 0 Å². The van der Waals surface area contributed by atoms with Crippen LogP contribution in [-0.2, 0) is 6.42 Å². The fourth-order valence-corrected chi connectivity index (χ4v) is 3.13. The standard InChI is InChI=1S/C17H31N3O/c1-6-17(4,20(7-2)8-3)16(19-18)13-14-10-9-11-15(12-14)21-5/h9-12,16,19H,6-8,13,18H2,1-5H3. The van der Waals surface area contributed by atoms with E-state index in [-0.39, 0.29) is 11.6 Å². The normalized spacial score (nSPS) is 15.8. The maximum absolute atomic E-state index is 5.89. The first-order valence-electron chi connectivity index (χ1n) is 7.89. The number of nitrogens with two attached hydrogens (primary N) is 1. The van der Waals surface area contributed by atoms with Gasteiger partial charge in [0, 0.05) is 11.6 Å². The molecular weight excluding hydrogens is 262 g/mol. The molecule has 2 atom stereocenters. The summed E-state index contributed by atoms with van der Waals surface area (Å²) < 4.78 is 5.31. The van der Waals surface area contributed by atoms with Crippen LogP contribution in [0, 0.1) is 0 Å². The van der Waals surface area contributed by atoms with Crippen molar-refractivity contribution in [2.24, 2.45) is 5.84 Å². The van der Waals surface area contributed by atoms with E-state index in [2.05, 4.69) is 50.2 Å². The summed E-state index contributed by atoms with van der Waals surface area (Å²) in [6, 6.07) is 8.41. The molecule has 0 radical (unpaired) electrons. The lowest BCUT2D eigenvalue weighted by molar-refractivity contribution is 0.0701. The maximum Gasteiger partial charge on any atom is 0.119 e. The van der Waals surface area contributed by atoms with Gasteiger partial charge in [-0.1, -0.05) is 32.9 Å². The van der Waals surface area contributed by atoms with Crippen LogP contribution in [0.25, 0.3) is 0 Å². The van der Waals surface area contributed by atoms with Crippen molar-refractivity contribution >= 4 is 0 Å². The highest BCUT2D eigenvalue weighted by molar-refractivity contribution is 5.29. The number of methoxy groups -OCH3 is 1. The first-order chi connectivity index (χ1) is 10.0. The summed E-state index contributed by atoms with van der Waals surface area (Å²) in [5.74, 6) is 6.79. The molecule has 0 amide bonds. The molecule has 0 aliphatic carbocycles. The molecule has 120 valence electrons. The number of rotatable bonds is 9. The van der Waals surface area contributed by atoms with Crippen molar-refractivity contribution in [3.05, 3.63) is 29.8 Å². The highest BCUT2D eigenvalue weighted by Crippen LogP contribution is 2.26. The molecule has 0 bridgehead atoms.